The van der Waals surface area contributed by atoms with Crippen molar-refractivity contribution in [2.45, 2.75) is 0 Å². The summed E-state index contributed by atoms with van der Waals surface area (Å²) in [6.07, 6.45) is 0. The molecule has 0 aliphatic rings. The molecule has 0 unspecified atom stereocenters. The molecule has 0 aliphatic heterocycles. The number of halogens is 3. The van der Waals surface area contributed by atoms with E-state index in [1.165, 1.54) is 12.1 Å². The third-order valence-corrected chi connectivity index (χ3v) is 3.82. The number of hydrogen-bond acceptors (Lipinski definition) is 3. The first-order valence-electron chi connectivity index (χ1n) is 6.49. The molecule has 5 nitrogen and oxygen atoms in total. The van der Waals surface area contributed by atoms with Crippen molar-refractivity contribution in [3.8, 4) is 0 Å². The Morgan fingerprint density at radius 1 is 0.833 bits per heavy atom. The minimum absolute atomic E-state index is 0.0987. The van der Waals surface area contributed by atoms with Gasteiger partial charge in [-0.05, 0) is 54.7 Å². The van der Waals surface area contributed by atoms with E-state index < -0.39 is 11.8 Å². The number of carbonyl (C=O) groups excluding carboxylic acids is 2. The molecule has 2 rings (SSSR count). The van der Waals surface area contributed by atoms with Gasteiger partial charge in [-0.2, -0.15) is 0 Å². The van der Waals surface area contributed by atoms with Crippen LogP contribution in [0, 0.1) is 0 Å². The van der Waals surface area contributed by atoms with E-state index in [1.807, 2.05) is 0 Å². The average molecular weight is 403 g/mol. The summed E-state index contributed by atoms with van der Waals surface area (Å²) in [7, 11) is 0. The molecule has 0 radical (unpaired) electrons. The number of hydrazine groups is 1. The molecule has 24 heavy (non-hydrogen) atoms. The van der Waals surface area contributed by atoms with Crippen LogP contribution in [0.3, 0.4) is 0 Å². The molecule has 0 heterocycles. The number of benzene rings is 2. The smallest absolute Gasteiger partial charge is 0.269 e. The van der Waals surface area contributed by atoms with Crippen LogP contribution in [-0.2, 0) is 0 Å². The normalized spacial score (nSPS) is 9.96. The monoisotopic (exact) mass is 401 g/mol. The zero-order valence-electron chi connectivity index (χ0n) is 11.9. The highest BCUT2D eigenvalue weighted by atomic mass is 35.5. The van der Waals surface area contributed by atoms with Crippen LogP contribution in [-0.4, -0.2) is 16.9 Å². The molecule has 3 N–H and O–H groups in total. The SMILES string of the molecule is O=C(NNC(=S)NC(=O)c1cc(Cl)ccc1Cl)c1ccc(Cl)cc1. The van der Waals surface area contributed by atoms with Gasteiger partial charge in [0, 0.05) is 15.6 Å². The van der Waals surface area contributed by atoms with E-state index in [-0.39, 0.29) is 15.7 Å². The molecule has 0 aliphatic carbocycles. The lowest BCUT2D eigenvalue weighted by Gasteiger charge is -2.11. The van der Waals surface area contributed by atoms with Gasteiger partial charge in [0.05, 0.1) is 10.6 Å². The molecule has 0 atom stereocenters. The van der Waals surface area contributed by atoms with Crippen molar-refractivity contribution in [1.82, 2.24) is 16.2 Å². The van der Waals surface area contributed by atoms with Gasteiger partial charge in [0.25, 0.3) is 11.8 Å². The van der Waals surface area contributed by atoms with E-state index in [0.717, 1.165) is 0 Å². The lowest BCUT2D eigenvalue weighted by Crippen LogP contribution is -2.48. The van der Waals surface area contributed by atoms with Gasteiger partial charge in [0.1, 0.15) is 0 Å². The summed E-state index contributed by atoms with van der Waals surface area (Å²) in [5, 5.41) is 3.39. The molecular weight excluding hydrogens is 393 g/mol. The van der Waals surface area contributed by atoms with Crippen LogP contribution in [0.25, 0.3) is 0 Å². The number of carbonyl (C=O) groups is 2. The molecule has 124 valence electrons. The van der Waals surface area contributed by atoms with E-state index in [2.05, 4.69) is 16.2 Å². The fraction of sp³-hybridized carbons (Fsp3) is 0. The summed E-state index contributed by atoms with van der Waals surface area (Å²) in [4.78, 5) is 24.0. The molecule has 0 spiro atoms. The Morgan fingerprint density at radius 3 is 2.12 bits per heavy atom. The van der Waals surface area contributed by atoms with Crippen LogP contribution in [0.4, 0.5) is 0 Å². The van der Waals surface area contributed by atoms with Crippen molar-refractivity contribution >= 4 is 63.9 Å². The predicted octanol–water partition coefficient (Wildman–Crippen LogP) is 3.60. The number of nitrogens with one attached hydrogen (secondary N) is 3. The minimum Gasteiger partial charge on any atom is -0.298 e. The van der Waals surface area contributed by atoms with Crippen molar-refractivity contribution in [3.05, 3.63) is 68.7 Å². The topological polar surface area (TPSA) is 70.2 Å². The van der Waals surface area contributed by atoms with Gasteiger partial charge in [-0.25, -0.2) is 0 Å². The van der Waals surface area contributed by atoms with Crippen LogP contribution in [0.1, 0.15) is 20.7 Å². The van der Waals surface area contributed by atoms with Gasteiger partial charge in [-0.1, -0.05) is 34.8 Å². The maximum atomic E-state index is 12.1. The largest absolute Gasteiger partial charge is 0.298 e. The number of amides is 2. The zero-order valence-corrected chi connectivity index (χ0v) is 15.0. The second kappa shape index (κ2) is 8.30. The number of rotatable bonds is 2. The van der Waals surface area contributed by atoms with Crippen LogP contribution < -0.4 is 16.2 Å². The molecule has 0 aromatic heterocycles. The highest BCUT2D eigenvalue weighted by Gasteiger charge is 2.13. The average Bonchev–Trinajstić information content (AvgIpc) is 2.55. The van der Waals surface area contributed by atoms with E-state index in [4.69, 9.17) is 47.0 Å². The van der Waals surface area contributed by atoms with Crippen LogP contribution in [0.5, 0.6) is 0 Å². The maximum Gasteiger partial charge on any atom is 0.269 e. The molecule has 9 heteroatoms. The van der Waals surface area contributed by atoms with Crippen LogP contribution in [0.15, 0.2) is 42.5 Å². The molecule has 2 aromatic rings. The van der Waals surface area contributed by atoms with E-state index >= 15 is 0 Å². The molecule has 2 aromatic carbocycles. The minimum atomic E-state index is -0.555. The Kier molecular flexibility index (Phi) is 6.39. The number of thiocarbonyl (C=S) groups is 1. The Balaban J connectivity index is 1.91. The summed E-state index contributed by atoms with van der Waals surface area (Å²) in [5.41, 5.74) is 5.31. The lowest BCUT2D eigenvalue weighted by atomic mass is 10.2. The summed E-state index contributed by atoms with van der Waals surface area (Å²) in [6, 6.07) is 10.7. The van der Waals surface area contributed by atoms with Gasteiger partial charge in [0.15, 0.2) is 5.11 Å². The second-order valence-electron chi connectivity index (χ2n) is 4.49. The van der Waals surface area contributed by atoms with Crippen molar-refractivity contribution < 1.29 is 9.59 Å². The van der Waals surface area contributed by atoms with Crippen molar-refractivity contribution in [2.24, 2.45) is 0 Å². The van der Waals surface area contributed by atoms with Gasteiger partial charge < -0.3 is 0 Å². The van der Waals surface area contributed by atoms with E-state index in [0.29, 0.717) is 15.6 Å². The maximum absolute atomic E-state index is 12.1. The summed E-state index contributed by atoms with van der Waals surface area (Å²) in [6.45, 7) is 0. The third-order valence-electron chi connectivity index (χ3n) is 2.80. The van der Waals surface area contributed by atoms with E-state index in [9.17, 15) is 9.59 Å². The Morgan fingerprint density at radius 2 is 1.46 bits per heavy atom. The Bertz CT molecular complexity index is 797. The van der Waals surface area contributed by atoms with Crippen molar-refractivity contribution in [3.63, 3.8) is 0 Å². The molecule has 0 saturated heterocycles. The summed E-state index contributed by atoms with van der Waals surface area (Å²) in [5.74, 6) is -0.996. The standard InChI is InChI=1S/C15H10Cl3N3O2S/c16-9-3-1-8(2-4-9)13(22)20-21-15(24)19-14(23)11-7-10(17)5-6-12(11)18/h1-7H,(H,20,22)(H2,19,21,23,24). The molecular formula is C15H10Cl3N3O2S. The first-order valence-corrected chi connectivity index (χ1v) is 8.03. The summed E-state index contributed by atoms with van der Waals surface area (Å²) >= 11 is 22.4. The Labute approximate surface area is 158 Å². The third kappa shape index (κ3) is 5.07. The van der Waals surface area contributed by atoms with Crippen molar-refractivity contribution in [1.29, 1.82) is 0 Å². The predicted molar refractivity (Wildman–Crippen MR) is 98.6 cm³/mol. The number of hydrogen-bond donors (Lipinski definition) is 3. The summed E-state index contributed by atoms with van der Waals surface area (Å²) < 4.78 is 0. The van der Waals surface area contributed by atoms with Crippen molar-refractivity contribution in [2.75, 3.05) is 0 Å². The second-order valence-corrected chi connectivity index (χ2v) is 6.18. The molecule has 0 fully saturated rings. The van der Waals surface area contributed by atoms with Crippen LogP contribution in [0.2, 0.25) is 15.1 Å². The van der Waals surface area contributed by atoms with Crippen LogP contribution >= 0.6 is 47.0 Å². The first kappa shape index (κ1) is 18.5. The quantitative estimate of drug-likeness (QED) is 0.530. The molecule has 0 bridgehead atoms. The fourth-order valence-electron chi connectivity index (χ4n) is 1.66. The lowest BCUT2D eigenvalue weighted by molar-refractivity contribution is 0.0934. The molecule has 0 saturated carbocycles. The van der Waals surface area contributed by atoms with Gasteiger partial charge in [0.2, 0.25) is 0 Å². The Hall–Kier alpha value is -1.86. The highest BCUT2D eigenvalue weighted by molar-refractivity contribution is 7.80. The van der Waals surface area contributed by atoms with Gasteiger partial charge in [-0.3, -0.25) is 25.8 Å². The highest BCUT2D eigenvalue weighted by Crippen LogP contribution is 2.20. The van der Waals surface area contributed by atoms with E-state index in [1.54, 1.807) is 30.3 Å². The zero-order chi connectivity index (χ0) is 17.7. The molecule has 2 amide bonds. The van der Waals surface area contributed by atoms with Gasteiger partial charge in [-0.15, -0.1) is 0 Å². The van der Waals surface area contributed by atoms with Gasteiger partial charge >= 0.3 is 0 Å². The fourth-order valence-corrected chi connectivity index (χ4v) is 2.31. The first-order chi connectivity index (χ1) is 11.4.